The number of anilines is 2. The Balaban J connectivity index is 1.66. The number of hydrogen-bond acceptors (Lipinski definition) is 4. The molecule has 3 aliphatic rings. The fourth-order valence-electron chi connectivity index (χ4n) is 3.74. The monoisotopic (exact) mass is 384 g/mol. The highest BCUT2D eigenvalue weighted by Crippen LogP contribution is 2.40. The van der Waals surface area contributed by atoms with Gasteiger partial charge in [0.1, 0.15) is 11.9 Å². The largest absolute Gasteiger partial charge is 0.370 e. The summed E-state index contributed by atoms with van der Waals surface area (Å²) >= 11 is 8.12. The highest BCUT2D eigenvalue weighted by molar-refractivity contribution is 7.99. The molecule has 0 aromatic heterocycles. The molecule has 0 radical (unpaired) electrons. The van der Waals surface area contributed by atoms with E-state index in [4.69, 9.17) is 16.6 Å². The number of amidine groups is 1. The predicted octanol–water partition coefficient (Wildman–Crippen LogP) is 4.76. The van der Waals surface area contributed by atoms with E-state index in [0.29, 0.717) is 18.0 Å². The average Bonchev–Trinajstić information content (AvgIpc) is 2.67. The Bertz CT molecular complexity index is 831. The Hall–Kier alpha value is -1.90. The first-order valence-electron chi connectivity index (χ1n) is 8.95. The molecular formula is C20H21ClN4S. The summed E-state index contributed by atoms with van der Waals surface area (Å²) in [5.41, 5.74) is 2.32. The van der Waals surface area contributed by atoms with Crippen molar-refractivity contribution in [2.24, 2.45) is 10.9 Å². The molecule has 4 rings (SSSR count). The average molecular weight is 385 g/mol. The highest BCUT2D eigenvalue weighted by Gasteiger charge is 2.41. The molecule has 2 N–H and O–H groups in total. The van der Waals surface area contributed by atoms with Gasteiger partial charge in [-0.25, -0.2) is 0 Å². The number of benzene rings is 1. The first kappa shape index (κ1) is 17.5. The number of nitrogens with zero attached hydrogens (tertiary/aromatic N) is 2. The van der Waals surface area contributed by atoms with E-state index in [-0.39, 0.29) is 5.54 Å². The normalized spacial score (nSPS) is 25.0. The maximum absolute atomic E-state index is 9.47. The number of rotatable bonds is 2. The van der Waals surface area contributed by atoms with Gasteiger partial charge in [-0.15, -0.1) is 0 Å². The number of halogens is 1. The van der Waals surface area contributed by atoms with Gasteiger partial charge >= 0.3 is 0 Å². The fourth-order valence-corrected chi connectivity index (χ4v) is 5.20. The number of allylic oxidation sites excluding steroid dienone is 3. The Kier molecular flexibility index (Phi) is 4.97. The Morgan fingerprint density at radius 2 is 2.19 bits per heavy atom. The number of nitriles is 1. The zero-order valence-electron chi connectivity index (χ0n) is 14.5. The second-order valence-electron chi connectivity index (χ2n) is 6.92. The number of fused-ring (bicyclic) bond motifs is 1. The van der Waals surface area contributed by atoms with E-state index < -0.39 is 0 Å². The smallest absolute Gasteiger partial charge is 0.127 e. The van der Waals surface area contributed by atoms with Gasteiger partial charge in [0.2, 0.25) is 0 Å². The Morgan fingerprint density at radius 3 is 2.96 bits per heavy atom. The van der Waals surface area contributed by atoms with Gasteiger partial charge in [-0.05, 0) is 49.0 Å². The van der Waals surface area contributed by atoms with Crippen molar-refractivity contribution < 1.29 is 0 Å². The van der Waals surface area contributed by atoms with Gasteiger partial charge in [-0.3, -0.25) is 4.99 Å². The standard InChI is InChI=1S/C20H21ClN4S/c21-16-5-1-3-14(11-16)13-23-19-20(7-9-26-10-8-20)25-18-15(12-22)4-2-6-17(18)24-19/h1-2,4-6,11,14,25H,3,7-10,13H2,(H,23,24). The topological polar surface area (TPSA) is 60.2 Å². The van der Waals surface area contributed by atoms with Crippen LogP contribution in [0.4, 0.5) is 11.4 Å². The number of hydrogen-bond donors (Lipinski definition) is 2. The second-order valence-corrected chi connectivity index (χ2v) is 8.58. The molecule has 2 aliphatic heterocycles. The first-order valence-corrected chi connectivity index (χ1v) is 10.5. The fraction of sp³-hybridized carbons (Fsp3) is 0.400. The summed E-state index contributed by atoms with van der Waals surface area (Å²) < 4.78 is 0. The van der Waals surface area contributed by atoms with Crippen molar-refractivity contribution in [2.45, 2.75) is 24.8 Å². The summed E-state index contributed by atoms with van der Waals surface area (Å²) in [5.74, 6) is 3.52. The lowest BCUT2D eigenvalue weighted by atomic mass is 9.87. The summed E-state index contributed by atoms with van der Waals surface area (Å²) in [5, 5.41) is 17.5. The summed E-state index contributed by atoms with van der Waals surface area (Å²) in [6.45, 7) is 0.715. The molecular weight excluding hydrogens is 364 g/mol. The van der Waals surface area contributed by atoms with Crippen LogP contribution in [0.2, 0.25) is 0 Å². The van der Waals surface area contributed by atoms with Crippen LogP contribution in [0.5, 0.6) is 0 Å². The third-order valence-electron chi connectivity index (χ3n) is 5.20. The highest BCUT2D eigenvalue weighted by atomic mass is 35.5. The molecule has 0 amide bonds. The van der Waals surface area contributed by atoms with E-state index >= 15 is 0 Å². The molecule has 4 nitrogen and oxygen atoms in total. The minimum atomic E-state index is -0.205. The Morgan fingerprint density at radius 1 is 1.35 bits per heavy atom. The Labute approximate surface area is 163 Å². The lowest BCUT2D eigenvalue weighted by molar-refractivity contribution is 0.555. The van der Waals surface area contributed by atoms with Crippen LogP contribution in [0, 0.1) is 17.2 Å². The van der Waals surface area contributed by atoms with Gasteiger partial charge in [0.15, 0.2) is 0 Å². The van der Waals surface area contributed by atoms with Crippen LogP contribution in [-0.2, 0) is 0 Å². The van der Waals surface area contributed by atoms with E-state index in [1.54, 1.807) is 0 Å². The van der Waals surface area contributed by atoms with Gasteiger partial charge in [0, 0.05) is 17.5 Å². The van der Waals surface area contributed by atoms with Crippen molar-refractivity contribution >= 4 is 40.6 Å². The van der Waals surface area contributed by atoms with Gasteiger partial charge in [-0.2, -0.15) is 17.0 Å². The van der Waals surface area contributed by atoms with Crippen molar-refractivity contribution in [3.8, 4) is 6.07 Å². The molecule has 2 heterocycles. The summed E-state index contributed by atoms with van der Waals surface area (Å²) in [6, 6.07) is 8.08. The van der Waals surface area contributed by atoms with Crippen LogP contribution in [0.25, 0.3) is 0 Å². The molecule has 0 bridgehead atoms. The van der Waals surface area contributed by atoms with Gasteiger partial charge in [0.05, 0.1) is 22.5 Å². The SMILES string of the molecule is N#Cc1cccc2c1NC1(CCSCC1)C(=NCC1C=C(Cl)C=CC1)N2. The van der Waals surface area contributed by atoms with E-state index in [9.17, 15) is 5.26 Å². The molecule has 0 saturated carbocycles. The number of para-hydroxylation sites is 1. The van der Waals surface area contributed by atoms with Crippen LogP contribution in [-0.4, -0.2) is 29.4 Å². The summed E-state index contributed by atoms with van der Waals surface area (Å²) in [7, 11) is 0. The lowest BCUT2D eigenvalue weighted by Crippen LogP contribution is -2.55. The first-order chi connectivity index (χ1) is 12.7. The quantitative estimate of drug-likeness (QED) is 0.771. The maximum atomic E-state index is 9.47. The second kappa shape index (κ2) is 7.38. The van der Waals surface area contributed by atoms with E-state index in [1.807, 2.05) is 36.0 Å². The van der Waals surface area contributed by atoms with Gasteiger partial charge in [0.25, 0.3) is 0 Å². The zero-order valence-corrected chi connectivity index (χ0v) is 16.0. The predicted molar refractivity (Wildman–Crippen MR) is 111 cm³/mol. The lowest BCUT2D eigenvalue weighted by Gasteiger charge is -2.44. The molecule has 26 heavy (non-hydrogen) atoms. The minimum Gasteiger partial charge on any atom is -0.370 e. The van der Waals surface area contributed by atoms with Crippen molar-refractivity contribution in [1.82, 2.24) is 0 Å². The minimum absolute atomic E-state index is 0.205. The number of thioether (sulfide) groups is 1. The van der Waals surface area contributed by atoms with E-state index in [0.717, 1.165) is 53.0 Å². The molecule has 1 aromatic rings. The summed E-state index contributed by atoms with van der Waals surface area (Å²) in [4.78, 5) is 4.99. The van der Waals surface area contributed by atoms with E-state index in [2.05, 4.69) is 28.9 Å². The van der Waals surface area contributed by atoms with Crippen molar-refractivity contribution in [1.29, 1.82) is 5.26 Å². The third-order valence-corrected chi connectivity index (χ3v) is 6.43. The molecule has 1 unspecified atom stereocenters. The van der Waals surface area contributed by atoms with Crippen LogP contribution in [0.1, 0.15) is 24.8 Å². The van der Waals surface area contributed by atoms with Gasteiger partial charge < -0.3 is 10.6 Å². The molecule has 1 spiro atoms. The van der Waals surface area contributed by atoms with Crippen LogP contribution < -0.4 is 10.6 Å². The van der Waals surface area contributed by atoms with Crippen LogP contribution in [0.3, 0.4) is 0 Å². The zero-order chi connectivity index (χ0) is 18.0. The molecule has 1 saturated heterocycles. The maximum Gasteiger partial charge on any atom is 0.127 e. The van der Waals surface area contributed by atoms with Crippen LogP contribution >= 0.6 is 23.4 Å². The van der Waals surface area contributed by atoms with Gasteiger partial charge in [-0.1, -0.05) is 29.8 Å². The third kappa shape index (κ3) is 3.36. The summed E-state index contributed by atoms with van der Waals surface area (Å²) in [6.07, 6.45) is 9.13. The van der Waals surface area contributed by atoms with Crippen LogP contribution in [0.15, 0.2) is 46.5 Å². The molecule has 1 aliphatic carbocycles. The van der Waals surface area contributed by atoms with Crippen molar-refractivity contribution in [3.05, 3.63) is 47.0 Å². The van der Waals surface area contributed by atoms with Crippen molar-refractivity contribution in [2.75, 3.05) is 28.7 Å². The molecule has 134 valence electrons. The molecule has 1 atom stereocenters. The molecule has 1 aromatic carbocycles. The number of nitrogens with one attached hydrogen (secondary N) is 2. The molecule has 1 fully saturated rings. The molecule has 6 heteroatoms. The van der Waals surface area contributed by atoms with E-state index in [1.165, 1.54) is 0 Å². The van der Waals surface area contributed by atoms with Crippen molar-refractivity contribution in [3.63, 3.8) is 0 Å². The number of aliphatic imine (C=N–C) groups is 1.